The third-order valence-electron chi connectivity index (χ3n) is 6.23. The van der Waals surface area contributed by atoms with Crippen LogP contribution < -0.4 is 4.90 Å². The lowest BCUT2D eigenvalue weighted by Crippen LogP contribution is -2.56. The lowest BCUT2D eigenvalue weighted by Gasteiger charge is -2.39. The predicted molar refractivity (Wildman–Crippen MR) is 130 cm³/mol. The van der Waals surface area contributed by atoms with Gasteiger partial charge in [0.05, 0.1) is 5.39 Å². The van der Waals surface area contributed by atoms with Crippen LogP contribution in [0.3, 0.4) is 0 Å². The van der Waals surface area contributed by atoms with Gasteiger partial charge in [0.15, 0.2) is 5.82 Å². The number of hydrogen-bond donors (Lipinski definition) is 0. The van der Waals surface area contributed by atoms with Crippen molar-refractivity contribution in [1.29, 1.82) is 0 Å². The molecule has 7 nitrogen and oxygen atoms in total. The van der Waals surface area contributed by atoms with Crippen molar-refractivity contribution in [2.24, 2.45) is 0 Å². The molecule has 2 aromatic carbocycles. The normalized spacial score (nSPS) is 15.9. The molecule has 3 heterocycles. The largest absolute Gasteiger partial charge is 0.352 e. The number of aromatic nitrogens is 3. The van der Waals surface area contributed by atoms with Crippen LogP contribution in [0.1, 0.15) is 0 Å². The molecular weight excluding hydrogens is 450 g/mol. The van der Waals surface area contributed by atoms with E-state index in [1.165, 1.54) is 30.7 Å². The Bertz CT molecular complexity index is 1520. The van der Waals surface area contributed by atoms with E-state index in [4.69, 9.17) is 6.57 Å². The van der Waals surface area contributed by atoms with E-state index in [2.05, 4.69) is 26.4 Å². The molecule has 0 aliphatic carbocycles. The molecule has 4 aromatic rings. The van der Waals surface area contributed by atoms with Gasteiger partial charge in [-0.1, -0.05) is 30.8 Å². The number of rotatable bonds is 4. The maximum absolute atomic E-state index is 15.8. The Morgan fingerprint density at radius 2 is 2.00 bits per heavy atom. The van der Waals surface area contributed by atoms with Gasteiger partial charge in [0, 0.05) is 31.4 Å². The number of benzene rings is 2. The molecule has 1 saturated heterocycles. The fourth-order valence-corrected chi connectivity index (χ4v) is 4.60. The second-order valence-corrected chi connectivity index (χ2v) is 8.23. The van der Waals surface area contributed by atoms with E-state index in [-0.39, 0.29) is 29.7 Å². The molecule has 35 heavy (non-hydrogen) atoms. The molecule has 1 atom stereocenters. The minimum absolute atomic E-state index is 0.00475. The van der Waals surface area contributed by atoms with Crippen molar-refractivity contribution >= 4 is 33.4 Å². The third kappa shape index (κ3) is 3.93. The van der Waals surface area contributed by atoms with E-state index in [1.54, 1.807) is 29.2 Å². The highest BCUT2D eigenvalue weighted by molar-refractivity contribution is 5.99. The summed E-state index contributed by atoms with van der Waals surface area (Å²) in [6.07, 6.45) is 4.01. The molecule has 0 unspecified atom stereocenters. The molecule has 1 amide bonds. The highest BCUT2D eigenvalue weighted by Crippen LogP contribution is 2.34. The van der Waals surface area contributed by atoms with Crippen LogP contribution in [0.15, 0.2) is 61.6 Å². The zero-order valence-corrected chi connectivity index (χ0v) is 18.7. The standard InChI is InChI=1S/C26H20F2N6O/c1-3-22(35)34-9-8-33(14-18(34)12-29-2)26-21-13-30-24(23(28)25(21)31-15-32-26)20-11-17(27)10-16-6-4-5-7-19(16)20/h3-7,10-11,13,15,18H,1,8-9,12,14H2/t18-/m0/s1. The number of anilines is 1. The monoisotopic (exact) mass is 470 g/mol. The van der Waals surface area contributed by atoms with Crippen molar-refractivity contribution in [3.05, 3.63) is 84.6 Å². The molecule has 5 rings (SSSR count). The van der Waals surface area contributed by atoms with Crippen LogP contribution in [0.5, 0.6) is 0 Å². The van der Waals surface area contributed by atoms with Crippen molar-refractivity contribution in [3.63, 3.8) is 0 Å². The molecular formula is C26H20F2N6O. The molecule has 0 radical (unpaired) electrons. The Morgan fingerprint density at radius 1 is 1.17 bits per heavy atom. The maximum Gasteiger partial charge on any atom is 0.246 e. The van der Waals surface area contributed by atoms with E-state index < -0.39 is 11.6 Å². The second-order valence-electron chi connectivity index (χ2n) is 8.23. The fraction of sp³-hybridized carbons (Fsp3) is 0.192. The number of carbonyl (C=O) groups is 1. The molecule has 0 spiro atoms. The van der Waals surface area contributed by atoms with Crippen molar-refractivity contribution in [2.45, 2.75) is 6.04 Å². The maximum atomic E-state index is 15.8. The van der Waals surface area contributed by atoms with Crippen LogP contribution in [0, 0.1) is 18.2 Å². The number of hydrogen-bond acceptors (Lipinski definition) is 5. The number of fused-ring (bicyclic) bond motifs is 2. The minimum atomic E-state index is -0.667. The van der Waals surface area contributed by atoms with E-state index in [0.717, 1.165) is 0 Å². The zero-order chi connectivity index (χ0) is 24.5. The molecule has 0 N–H and O–H groups in total. The van der Waals surface area contributed by atoms with Crippen molar-refractivity contribution in [2.75, 3.05) is 31.1 Å². The Balaban J connectivity index is 1.58. The summed E-state index contributed by atoms with van der Waals surface area (Å²) in [4.78, 5) is 32.1. The van der Waals surface area contributed by atoms with Gasteiger partial charge >= 0.3 is 0 Å². The first-order chi connectivity index (χ1) is 17.0. The summed E-state index contributed by atoms with van der Waals surface area (Å²) in [5.74, 6) is -0.913. The molecule has 0 bridgehead atoms. The molecule has 1 fully saturated rings. The van der Waals surface area contributed by atoms with E-state index in [1.807, 2.05) is 4.90 Å². The lowest BCUT2D eigenvalue weighted by molar-refractivity contribution is -0.128. The van der Waals surface area contributed by atoms with Crippen molar-refractivity contribution < 1.29 is 13.6 Å². The SMILES string of the molecule is [C-]#[N+]C[C@H]1CN(c2ncnc3c(F)c(-c4cc(F)cc5ccccc45)ncc23)CCN1C(=O)C=C. The van der Waals surface area contributed by atoms with E-state index in [9.17, 15) is 9.18 Å². The predicted octanol–water partition coefficient (Wildman–Crippen LogP) is 4.25. The van der Waals surface area contributed by atoms with E-state index in [0.29, 0.717) is 47.2 Å². The van der Waals surface area contributed by atoms with E-state index >= 15 is 4.39 Å². The highest BCUT2D eigenvalue weighted by Gasteiger charge is 2.33. The second kappa shape index (κ2) is 9.06. The quantitative estimate of drug-likeness (QED) is 0.330. The summed E-state index contributed by atoms with van der Waals surface area (Å²) in [5.41, 5.74) is 0.415. The van der Waals surface area contributed by atoms with Crippen LogP contribution in [0.25, 0.3) is 37.8 Å². The average molecular weight is 470 g/mol. The van der Waals surface area contributed by atoms with Gasteiger partial charge in [-0.3, -0.25) is 9.78 Å². The smallest absolute Gasteiger partial charge is 0.246 e. The Labute approximate surface area is 200 Å². The van der Waals surface area contributed by atoms with Gasteiger partial charge in [-0.15, -0.1) is 0 Å². The molecule has 1 aliphatic heterocycles. The topological polar surface area (TPSA) is 66.6 Å². The Kier molecular flexibility index (Phi) is 5.79. The molecule has 0 saturated carbocycles. The summed E-state index contributed by atoms with van der Waals surface area (Å²) in [6.45, 7) is 12.1. The van der Waals surface area contributed by atoms with Gasteiger partial charge in [-0.05, 0) is 29.0 Å². The molecule has 174 valence electrons. The number of carbonyl (C=O) groups excluding carboxylic acids is 1. The summed E-state index contributed by atoms with van der Waals surface area (Å²) < 4.78 is 30.1. The number of amides is 1. The van der Waals surface area contributed by atoms with Crippen molar-refractivity contribution in [1.82, 2.24) is 19.9 Å². The Hall–Kier alpha value is -4.45. The number of nitrogens with zero attached hydrogens (tertiary/aromatic N) is 6. The van der Waals surface area contributed by atoms with Crippen LogP contribution in [-0.4, -0.2) is 58.0 Å². The number of piperazine rings is 1. The van der Waals surface area contributed by atoms with Crippen molar-refractivity contribution in [3.8, 4) is 11.3 Å². The summed E-state index contributed by atoms with van der Waals surface area (Å²) in [6, 6.07) is 9.46. The highest BCUT2D eigenvalue weighted by atomic mass is 19.1. The zero-order valence-electron chi connectivity index (χ0n) is 18.7. The van der Waals surface area contributed by atoms with Gasteiger partial charge in [0.25, 0.3) is 0 Å². The third-order valence-corrected chi connectivity index (χ3v) is 6.23. The van der Waals surface area contributed by atoms with Crippen LogP contribution >= 0.6 is 0 Å². The molecule has 1 aliphatic rings. The lowest BCUT2D eigenvalue weighted by atomic mass is 10.0. The van der Waals surface area contributed by atoms with Gasteiger partial charge in [0.1, 0.15) is 35.2 Å². The summed E-state index contributed by atoms with van der Waals surface area (Å²) in [5, 5.41) is 1.73. The van der Waals surface area contributed by atoms with Crippen LogP contribution in [-0.2, 0) is 4.79 Å². The molecule has 2 aromatic heterocycles. The minimum Gasteiger partial charge on any atom is -0.352 e. The summed E-state index contributed by atoms with van der Waals surface area (Å²) in [7, 11) is 0. The van der Waals surface area contributed by atoms with Crippen LogP contribution in [0.2, 0.25) is 0 Å². The van der Waals surface area contributed by atoms with Gasteiger partial charge < -0.3 is 14.6 Å². The number of halogens is 2. The first kappa shape index (κ1) is 22.3. The van der Waals surface area contributed by atoms with Gasteiger partial charge in [-0.2, -0.15) is 0 Å². The Morgan fingerprint density at radius 3 is 2.80 bits per heavy atom. The number of pyridine rings is 1. The average Bonchev–Trinajstić information content (AvgIpc) is 2.88. The van der Waals surface area contributed by atoms with Gasteiger partial charge in [-0.25, -0.2) is 25.3 Å². The van der Waals surface area contributed by atoms with Crippen LogP contribution in [0.4, 0.5) is 14.6 Å². The summed E-state index contributed by atoms with van der Waals surface area (Å²) >= 11 is 0. The first-order valence-corrected chi connectivity index (χ1v) is 11.0. The fourth-order valence-electron chi connectivity index (χ4n) is 4.60. The molecule has 9 heteroatoms. The first-order valence-electron chi connectivity index (χ1n) is 11.0. The van der Waals surface area contributed by atoms with Gasteiger partial charge in [0.2, 0.25) is 12.5 Å².